The predicted octanol–water partition coefficient (Wildman–Crippen LogP) is 6.38. The number of carbonyl (C=O) groups excluding carboxylic acids is 1. The fraction of sp³-hybridized carbons (Fsp3) is 0.658. The van der Waals surface area contributed by atoms with Crippen LogP contribution in [-0.4, -0.2) is 93.6 Å². The van der Waals surface area contributed by atoms with E-state index < -0.39 is 10.0 Å². The lowest BCUT2D eigenvalue weighted by molar-refractivity contribution is -0.135. The van der Waals surface area contributed by atoms with E-state index >= 15 is 0 Å². The molecule has 2 aliphatic heterocycles. The van der Waals surface area contributed by atoms with Crippen LogP contribution in [0.25, 0.3) is 0 Å². The maximum atomic E-state index is 13.8. The van der Waals surface area contributed by atoms with Crippen molar-refractivity contribution in [2.24, 2.45) is 5.92 Å². The lowest BCUT2D eigenvalue weighted by Crippen LogP contribution is -2.50. The molecular formula is C38H57N3O5S. The second-order valence-corrected chi connectivity index (χ2v) is 16.1. The fourth-order valence-corrected chi connectivity index (χ4v) is 10.4. The standard InChI is InChI=1S/C38H57N3O5S/c1-30-26-35(45-4)27-31(2)37(30)47(43,44)41-24-9-8-14-34(41)28-46-29-36(42)39(3)25-18-33-16-20-38(21-17-33,40-22-10-11-23-40)19-15-32-12-6-5-7-13-32/h5-7,12-13,26-27,33-34H,8-11,14-25,28-29H2,1-4H3. The third kappa shape index (κ3) is 8.77. The highest BCUT2D eigenvalue weighted by Gasteiger charge is 2.41. The van der Waals surface area contributed by atoms with Crippen molar-refractivity contribution in [3.05, 3.63) is 59.2 Å². The van der Waals surface area contributed by atoms with Gasteiger partial charge in [0.2, 0.25) is 15.9 Å². The molecule has 2 saturated heterocycles. The van der Waals surface area contributed by atoms with Crippen molar-refractivity contribution in [1.29, 1.82) is 0 Å². The van der Waals surface area contributed by atoms with Crippen molar-refractivity contribution >= 4 is 15.9 Å². The van der Waals surface area contributed by atoms with Crippen LogP contribution >= 0.6 is 0 Å². The molecule has 9 heteroatoms. The average Bonchev–Trinajstić information content (AvgIpc) is 3.63. The zero-order chi connectivity index (χ0) is 33.4. The fourth-order valence-electron chi connectivity index (χ4n) is 8.34. The van der Waals surface area contributed by atoms with Crippen LogP contribution in [0.1, 0.15) is 87.3 Å². The Morgan fingerprint density at radius 2 is 1.62 bits per heavy atom. The lowest BCUT2D eigenvalue weighted by Gasteiger charge is -2.47. The number of aryl methyl sites for hydroxylation is 3. The molecule has 1 amide bonds. The van der Waals surface area contributed by atoms with E-state index in [0.29, 0.717) is 39.8 Å². The largest absolute Gasteiger partial charge is 0.497 e. The number of likely N-dealkylation sites (tertiary alicyclic amines) is 1. The Kier molecular flexibility index (Phi) is 12.4. The topological polar surface area (TPSA) is 79.4 Å². The average molecular weight is 668 g/mol. The maximum absolute atomic E-state index is 13.8. The number of amides is 1. The molecule has 2 aromatic carbocycles. The molecule has 1 unspecified atom stereocenters. The van der Waals surface area contributed by atoms with Gasteiger partial charge in [0.05, 0.1) is 18.6 Å². The Bertz CT molecular complexity index is 1400. The van der Waals surface area contributed by atoms with E-state index in [-0.39, 0.29) is 25.2 Å². The minimum atomic E-state index is -3.72. The molecule has 8 nitrogen and oxygen atoms in total. The zero-order valence-electron chi connectivity index (χ0n) is 29.2. The summed E-state index contributed by atoms with van der Waals surface area (Å²) in [6.07, 6.45) is 13.5. The van der Waals surface area contributed by atoms with Crippen LogP contribution in [-0.2, 0) is 26.0 Å². The smallest absolute Gasteiger partial charge is 0.248 e. The van der Waals surface area contributed by atoms with Crippen LogP contribution in [0.4, 0.5) is 0 Å². The molecule has 3 aliphatic rings. The maximum Gasteiger partial charge on any atom is 0.248 e. The number of ether oxygens (including phenoxy) is 2. The molecule has 0 N–H and O–H groups in total. The van der Waals surface area contributed by atoms with Gasteiger partial charge in [0.15, 0.2) is 0 Å². The molecule has 47 heavy (non-hydrogen) atoms. The van der Waals surface area contributed by atoms with Crippen molar-refractivity contribution in [3.63, 3.8) is 0 Å². The molecule has 1 atom stereocenters. The number of sulfonamides is 1. The molecule has 5 rings (SSSR count). The van der Waals surface area contributed by atoms with Gasteiger partial charge in [0.1, 0.15) is 12.4 Å². The zero-order valence-corrected chi connectivity index (χ0v) is 30.0. The molecule has 0 aromatic heterocycles. The first-order chi connectivity index (χ1) is 22.6. The summed E-state index contributed by atoms with van der Waals surface area (Å²) >= 11 is 0. The predicted molar refractivity (Wildman–Crippen MR) is 187 cm³/mol. The van der Waals surface area contributed by atoms with Gasteiger partial charge in [-0.3, -0.25) is 9.69 Å². The van der Waals surface area contributed by atoms with E-state index in [0.717, 1.165) is 38.6 Å². The highest BCUT2D eigenvalue weighted by atomic mass is 32.2. The quantitative estimate of drug-likeness (QED) is 0.233. The molecule has 0 bridgehead atoms. The first-order valence-corrected chi connectivity index (χ1v) is 19.3. The number of methoxy groups -OCH3 is 1. The number of rotatable bonds is 14. The first-order valence-electron chi connectivity index (χ1n) is 17.9. The summed E-state index contributed by atoms with van der Waals surface area (Å²) in [7, 11) is -0.262. The Morgan fingerprint density at radius 3 is 2.28 bits per heavy atom. The summed E-state index contributed by atoms with van der Waals surface area (Å²) in [5.74, 6) is 1.25. The number of likely N-dealkylation sites (N-methyl/N-ethyl adjacent to an activating group) is 1. The number of piperidine rings is 1. The summed E-state index contributed by atoms with van der Waals surface area (Å²) in [6, 6.07) is 14.2. The van der Waals surface area contributed by atoms with E-state index in [9.17, 15) is 13.2 Å². The van der Waals surface area contributed by atoms with E-state index in [1.807, 2.05) is 20.9 Å². The highest BCUT2D eigenvalue weighted by Crippen LogP contribution is 2.42. The van der Waals surface area contributed by atoms with Crippen LogP contribution in [0, 0.1) is 19.8 Å². The summed E-state index contributed by atoms with van der Waals surface area (Å²) in [5, 5.41) is 0. The highest BCUT2D eigenvalue weighted by molar-refractivity contribution is 7.89. The van der Waals surface area contributed by atoms with Gasteiger partial charge in [-0.05, 0) is 132 Å². The van der Waals surface area contributed by atoms with Crippen LogP contribution in [0.15, 0.2) is 47.4 Å². The van der Waals surface area contributed by atoms with E-state index in [1.165, 1.54) is 63.6 Å². The first kappa shape index (κ1) is 35.8. The van der Waals surface area contributed by atoms with Crippen LogP contribution < -0.4 is 4.74 Å². The Morgan fingerprint density at radius 1 is 0.957 bits per heavy atom. The van der Waals surface area contributed by atoms with E-state index in [4.69, 9.17) is 9.47 Å². The Hall–Kier alpha value is -2.46. The monoisotopic (exact) mass is 667 g/mol. The number of hydrogen-bond donors (Lipinski definition) is 0. The molecule has 2 heterocycles. The van der Waals surface area contributed by atoms with Crippen LogP contribution in [0.5, 0.6) is 5.75 Å². The van der Waals surface area contributed by atoms with Crippen molar-refractivity contribution in [3.8, 4) is 5.75 Å². The van der Waals surface area contributed by atoms with E-state index in [1.54, 1.807) is 28.4 Å². The third-order valence-corrected chi connectivity index (χ3v) is 13.4. The number of hydrogen-bond acceptors (Lipinski definition) is 6. The van der Waals surface area contributed by atoms with Gasteiger partial charge >= 0.3 is 0 Å². The summed E-state index contributed by atoms with van der Waals surface area (Å²) in [5.41, 5.74) is 3.12. The van der Waals surface area contributed by atoms with Gasteiger partial charge in [-0.2, -0.15) is 4.31 Å². The minimum Gasteiger partial charge on any atom is -0.497 e. The molecule has 260 valence electrons. The third-order valence-electron chi connectivity index (χ3n) is 11.2. The molecule has 0 radical (unpaired) electrons. The molecular weight excluding hydrogens is 611 g/mol. The van der Waals surface area contributed by atoms with E-state index in [2.05, 4.69) is 35.2 Å². The second-order valence-electron chi connectivity index (χ2n) is 14.3. The minimum absolute atomic E-state index is 0.0241. The van der Waals surface area contributed by atoms with Crippen molar-refractivity contribution in [1.82, 2.24) is 14.1 Å². The normalized spacial score (nSPS) is 24.3. The van der Waals surface area contributed by atoms with Gasteiger partial charge in [0.25, 0.3) is 0 Å². The van der Waals surface area contributed by atoms with Crippen molar-refractivity contribution < 1.29 is 22.7 Å². The molecule has 1 aliphatic carbocycles. The number of nitrogens with zero attached hydrogens (tertiary/aromatic N) is 3. The summed E-state index contributed by atoms with van der Waals surface area (Å²) < 4.78 is 40.6. The SMILES string of the molecule is COc1cc(C)c(S(=O)(=O)N2CCCCC2COCC(=O)N(C)CCC2CCC(CCc3ccccc3)(N3CCCC3)CC2)c(C)c1. The molecule has 1 saturated carbocycles. The van der Waals surface area contributed by atoms with Gasteiger partial charge in [-0.25, -0.2) is 8.42 Å². The van der Waals surface area contributed by atoms with Crippen molar-refractivity contribution in [2.75, 3.05) is 53.6 Å². The molecule has 2 aromatic rings. The van der Waals surface area contributed by atoms with Gasteiger partial charge < -0.3 is 14.4 Å². The van der Waals surface area contributed by atoms with Gasteiger partial charge in [0, 0.05) is 31.7 Å². The lowest BCUT2D eigenvalue weighted by atomic mass is 9.72. The second kappa shape index (κ2) is 16.3. The molecule has 0 spiro atoms. The van der Waals surface area contributed by atoms with Crippen molar-refractivity contribution in [2.45, 2.75) is 107 Å². The summed E-state index contributed by atoms with van der Waals surface area (Å²) in [6.45, 7) is 7.49. The number of benzene rings is 2. The molecule has 3 fully saturated rings. The summed E-state index contributed by atoms with van der Waals surface area (Å²) in [4.78, 5) is 18.0. The number of carbonyl (C=O) groups is 1. The van der Waals surface area contributed by atoms with Gasteiger partial charge in [-0.1, -0.05) is 36.8 Å². The Labute approximate surface area is 283 Å². The van der Waals surface area contributed by atoms with Gasteiger partial charge in [-0.15, -0.1) is 0 Å². The van der Waals surface area contributed by atoms with Crippen LogP contribution in [0.2, 0.25) is 0 Å². The van der Waals surface area contributed by atoms with Crippen LogP contribution in [0.3, 0.4) is 0 Å². The Balaban J connectivity index is 1.08.